The SMILES string of the molecule is [O-]/C(=N/[n+]1ccc(-c2ccc(Br)cc2)cc1)c1ccccc1. The predicted octanol–water partition coefficient (Wildman–Crippen LogP) is 2.97. The molecule has 3 rings (SSSR count). The van der Waals surface area contributed by atoms with Crippen molar-refractivity contribution >= 4 is 21.8 Å². The lowest BCUT2D eigenvalue weighted by Gasteiger charge is -2.06. The van der Waals surface area contributed by atoms with Gasteiger partial charge >= 0.3 is 0 Å². The number of pyridine rings is 1. The minimum Gasteiger partial charge on any atom is -0.854 e. The minimum atomic E-state index is -0.262. The van der Waals surface area contributed by atoms with Gasteiger partial charge in [0.25, 0.3) is 0 Å². The maximum Gasteiger partial charge on any atom is 0.202 e. The van der Waals surface area contributed by atoms with Crippen LogP contribution >= 0.6 is 15.9 Å². The Morgan fingerprint density at radius 2 is 1.41 bits per heavy atom. The van der Waals surface area contributed by atoms with E-state index in [1.54, 1.807) is 24.5 Å². The van der Waals surface area contributed by atoms with Crippen LogP contribution in [-0.2, 0) is 0 Å². The Morgan fingerprint density at radius 1 is 0.818 bits per heavy atom. The molecule has 1 aromatic heterocycles. The summed E-state index contributed by atoms with van der Waals surface area (Å²) < 4.78 is 2.57. The van der Waals surface area contributed by atoms with Crippen molar-refractivity contribution in [1.29, 1.82) is 0 Å². The topological polar surface area (TPSA) is 39.3 Å². The lowest BCUT2D eigenvalue weighted by Crippen LogP contribution is -2.33. The summed E-state index contributed by atoms with van der Waals surface area (Å²) in [6, 6.07) is 21.0. The molecule has 0 aliphatic rings. The van der Waals surface area contributed by atoms with Crippen LogP contribution in [0.1, 0.15) is 5.56 Å². The first-order valence-corrected chi connectivity index (χ1v) is 7.60. The zero-order chi connectivity index (χ0) is 15.4. The summed E-state index contributed by atoms with van der Waals surface area (Å²) in [5, 5.41) is 16.1. The van der Waals surface area contributed by atoms with Gasteiger partial charge < -0.3 is 5.11 Å². The lowest BCUT2D eigenvalue weighted by atomic mass is 10.1. The summed E-state index contributed by atoms with van der Waals surface area (Å²) in [4.78, 5) is 0. The molecule has 0 aliphatic heterocycles. The highest BCUT2D eigenvalue weighted by Gasteiger charge is 2.02. The van der Waals surface area contributed by atoms with Crippen LogP contribution in [0.25, 0.3) is 11.1 Å². The van der Waals surface area contributed by atoms with Gasteiger partial charge in [0.2, 0.25) is 12.4 Å². The number of aromatic nitrogens is 1. The van der Waals surface area contributed by atoms with Gasteiger partial charge in [0, 0.05) is 16.6 Å². The fraction of sp³-hybridized carbons (Fsp3) is 0. The van der Waals surface area contributed by atoms with E-state index in [-0.39, 0.29) is 5.90 Å². The number of hydrogen-bond acceptors (Lipinski definition) is 2. The molecule has 0 N–H and O–H groups in total. The van der Waals surface area contributed by atoms with E-state index < -0.39 is 0 Å². The highest BCUT2D eigenvalue weighted by Crippen LogP contribution is 2.20. The summed E-state index contributed by atoms with van der Waals surface area (Å²) >= 11 is 3.42. The van der Waals surface area contributed by atoms with E-state index >= 15 is 0 Å². The molecule has 1 heterocycles. The quantitative estimate of drug-likeness (QED) is 0.405. The summed E-state index contributed by atoms with van der Waals surface area (Å²) in [6.07, 6.45) is 3.55. The molecule has 0 spiro atoms. The van der Waals surface area contributed by atoms with Gasteiger partial charge in [-0.2, -0.15) is 0 Å². The zero-order valence-corrected chi connectivity index (χ0v) is 13.3. The Balaban J connectivity index is 1.84. The molecule has 0 saturated carbocycles. The van der Waals surface area contributed by atoms with Crippen LogP contribution in [0.5, 0.6) is 0 Å². The standard InChI is InChI=1S/C18H13BrN2O/c19-17-8-6-14(7-9-17)15-10-12-21(13-11-15)20-18(22)16-4-2-1-3-5-16/h1-13H. The van der Waals surface area contributed by atoms with Gasteiger partial charge in [-0.25, -0.2) is 0 Å². The maximum atomic E-state index is 12.0. The molecule has 0 fully saturated rings. The maximum absolute atomic E-state index is 12.0. The Labute approximate surface area is 137 Å². The van der Waals surface area contributed by atoms with Crippen molar-refractivity contribution < 1.29 is 9.78 Å². The third-order valence-corrected chi connectivity index (χ3v) is 3.75. The van der Waals surface area contributed by atoms with E-state index in [0.717, 1.165) is 15.6 Å². The molecule has 3 aromatic rings. The van der Waals surface area contributed by atoms with Crippen LogP contribution in [0.3, 0.4) is 0 Å². The van der Waals surface area contributed by atoms with Crippen LogP contribution < -0.4 is 9.78 Å². The van der Waals surface area contributed by atoms with Crippen molar-refractivity contribution in [2.24, 2.45) is 5.10 Å². The molecule has 0 radical (unpaired) electrons. The zero-order valence-electron chi connectivity index (χ0n) is 11.7. The molecular formula is C18H13BrN2O. The number of benzene rings is 2. The molecule has 0 aliphatic carbocycles. The second kappa shape index (κ2) is 6.54. The molecule has 0 saturated heterocycles. The molecule has 4 heteroatoms. The molecule has 0 bridgehead atoms. The fourth-order valence-electron chi connectivity index (χ4n) is 2.06. The van der Waals surface area contributed by atoms with Crippen LogP contribution in [0.15, 0.2) is 88.7 Å². The monoisotopic (exact) mass is 352 g/mol. The number of hydrogen-bond donors (Lipinski definition) is 0. The van der Waals surface area contributed by atoms with Crippen LogP contribution in [-0.4, -0.2) is 5.90 Å². The van der Waals surface area contributed by atoms with E-state index in [2.05, 4.69) is 21.0 Å². The van der Waals surface area contributed by atoms with Crippen molar-refractivity contribution in [2.45, 2.75) is 0 Å². The molecule has 2 aromatic carbocycles. The summed E-state index contributed by atoms with van der Waals surface area (Å²) in [7, 11) is 0. The minimum absolute atomic E-state index is 0.262. The molecule has 22 heavy (non-hydrogen) atoms. The average molecular weight is 353 g/mol. The fourth-order valence-corrected chi connectivity index (χ4v) is 2.33. The lowest BCUT2D eigenvalue weighted by molar-refractivity contribution is -0.681. The highest BCUT2D eigenvalue weighted by molar-refractivity contribution is 9.10. The molecule has 0 amide bonds. The number of rotatable bonds is 3. The van der Waals surface area contributed by atoms with E-state index in [0.29, 0.717) is 5.56 Å². The first kappa shape index (κ1) is 14.5. The van der Waals surface area contributed by atoms with E-state index in [1.165, 1.54) is 4.68 Å². The van der Waals surface area contributed by atoms with Crippen molar-refractivity contribution in [3.05, 3.63) is 89.2 Å². The Morgan fingerprint density at radius 3 is 2.05 bits per heavy atom. The smallest absolute Gasteiger partial charge is 0.202 e. The number of nitrogens with zero attached hydrogens (tertiary/aromatic N) is 2. The third-order valence-electron chi connectivity index (χ3n) is 3.22. The highest BCUT2D eigenvalue weighted by atomic mass is 79.9. The normalized spacial score (nSPS) is 11.4. The average Bonchev–Trinajstić information content (AvgIpc) is 2.57. The molecular weight excluding hydrogens is 340 g/mol. The summed E-state index contributed by atoms with van der Waals surface area (Å²) in [6.45, 7) is 0. The van der Waals surface area contributed by atoms with Gasteiger partial charge in [0.05, 0.1) is 5.90 Å². The van der Waals surface area contributed by atoms with Gasteiger partial charge in [-0.1, -0.05) is 63.1 Å². The number of halogens is 1. The van der Waals surface area contributed by atoms with Crippen molar-refractivity contribution in [1.82, 2.24) is 0 Å². The largest absolute Gasteiger partial charge is 0.854 e. The van der Waals surface area contributed by atoms with Crippen LogP contribution in [0, 0.1) is 0 Å². The van der Waals surface area contributed by atoms with Gasteiger partial charge in [0.15, 0.2) is 0 Å². The van der Waals surface area contributed by atoms with Gasteiger partial charge in [0.1, 0.15) is 0 Å². The van der Waals surface area contributed by atoms with E-state index in [1.807, 2.05) is 54.6 Å². The predicted molar refractivity (Wildman–Crippen MR) is 88.2 cm³/mol. The van der Waals surface area contributed by atoms with Crippen LogP contribution in [0.2, 0.25) is 0 Å². The second-order valence-electron chi connectivity index (χ2n) is 4.74. The molecule has 0 unspecified atom stereocenters. The summed E-state index contributed by atoms with van der Waals surface area (Å²) in [5.74, 6) is -0.262. The van der Waals surface area contributed by atoms with Crippen molar-refractivity contribution in [3.8, 4) is 11.1 Å². The Hall–Kier alpha value is -2.46. The first-order valence-electron chi connectivity index (χ1n) is 6.81. The molecule has 3 nitrogen and oxygen atoms in total. The van der Waals surface area contributed by atoms with Gasteiger partial charge in [-0.3, -0.25) is 0 Å². The van der Waals surface area contributed by atoms with E-state index in [9.17, 15) is 5.11 Å². The summed E-state index contributed by atoms with van der Waals surface area (Å²) in [5.41, 5.74) is 2.77. The van der Waals surface area contributed by atoms with Crippen molar-refractivity contribution in [2.75, 3.05) is 0 Å². The second-order valence-corrected chi connectivity index (χ2v) is 5.66. The van der Waals surface area contributed by atoms with Gasteiger partial charge in [-0.15, -0.1) is 0 Å². The molecule has 0 atom stereocenters. The first-order chi connectivity index (χ1) is 10.7. The third kappa shape index (κ3) is 3.40. The van der Waals surface area contributed by atoms with Gasteiger partial charge in [-0.05, 0) is 33.9 Å². The molecule has 108 valence electrons. The van der Waals surface area contributed by atoms with E-state index in [4.69, 9.17) is 0 Å². The van der Waals surface area contributed by atoms with Crippen LogP contribution in [0.4, 0.5) is 0 Å². The van der Waals surface area contributed by atoms with Crippen molar-refractivity contribution in [3.63, 3.8) is 0 Å². The Kier molecular flexibility index (Phi) is 4.30. The Bertz CT molecular complexity index is 782.